The number of piperazine rings is 1. The molecule has 3 aromatic rings. The van der Waals surface area contributed by atoms with Crippen molar-refractivity contribution in [2.45, 2.75) is 18.9 Å². The standard InChI is InChI=1S/C20H22F2N8O.2C2HF3O2/c21-19(22)15(10-23)12-30-20(31)29(13-26-30)18-3-1-2-16(27-18)14-4-5-17(25-11-14)28-8-6-24-7-9-28;2*3-2(4,5)1(6)7/h1-5,11,13,24H,6-10,12,23H2;2*(H,6,7). The number of nitrogens with two attached hydrogens (primary N) is 1. The number of alkyl halides is 6. The number of carboxylic acid groups (broad SMARTS) is 2. The summed E-state index contributed by atoms with van der Waals surface area (Å²) < 4.78 is 91.3. The van der Waals surface area contributed by atoms with E-state index in [2.05, 4.69) is 25.3 Å². The van der Waals surface area contributed by atoms with Gasteiger partial charge in [0, 0.05) is 50.1 Å². The summed E-state index contributed by atoms with van der Waals surface area (Å²) >= 11 is 0. The van der Waals surface area contributed by atoms with E-state index in [4.69, 9.17) is 25.5 Å². The second-order valence-electron chi connectivity index (χ2n) is 8.64. The van der Waals surface area contributed by atoms with Crippen molar-refractivity contribution in [3.8, 4) is 17.1 Å². The molecule has 1 fully saturated rings. The van der Waals surface area contributed by atoms with E-state index in [1.807, 2.05) is 18.2 Å². The van der Waals surface area contributed by atoms with Crippen LogP contribution in [0.1, 0.15) is 0 Å². The zero-order valence-electron chi connectivity index (χ0n) is 22.7. The molecule has 5 N–H and O–H groups in total. The molecular weight excluding hydrogens is 632 g/mol. The van der Waals surface area contributed by atoms with Gasteiger partial charge in [0.15, 0.2) is 0 Å². The molecule has 0 atom stereocenters. The Labute approximate surface area is 247 Å². The molecule has 3 aromatic heterocycles. The molecule has 0 aliphatic carbocycles. The van der Waals surface area contributed by atoms with Crippen LogP contribution in [0.5, 0.6) is 0 Å². The Morgan fingerprint density at radius 3 is 1.98 bits per heavy atom. The highest BCUT2D eigenvalue weighted by Gasteiger charge is 2.38. The molecule has 4 heterocycles. The molecule has 1 aliphatic heterocycles. The van der Waals surface area contributed by atoms with Crippen LogP contribution < -0.4 is 21.6 Å². The highest BCUT2D eigenvalue weighted by Crippen LogP contribution is 2.21. The molecule has 1 saturated heterocycles. The fourth-order valence-electron chi connectivity index (χ4n) is 3.32. The third-order valence-electron chi connectivity index (χ3n) is 5.54. The molecular formula is C24H24F8N8O5. The molecule has 13 nitrogen and oxygen atoms in total. The Balaban J connectivity index is 0.000000421. The highest BCUT2D eigenvalue weighted by molar-refractivity contribution is 5.73. The topological polar surface area (TPSA) is 181 Å². The number of hydrogen-bond acceptors (Lipinski definition) is 9. The fraction of sp³-hybridized carbons (Fsp3) is 0.333. The van der Waals surface area contributed by atoms with E-state index < -0.39 is 36.1 Å². The summed E-state index contributed by atoms with van der Waals surface area (Å²) in [6, 6.07) is 9.11. The summed E-state index contributed by atoms with van der Waals surface area (Å²) in [6.07, 6.45) is -9.07. The van der Waals surface area contributed by atoms with Crippen LogP contribution in [0.4, 0.5) is 40.9 Å². The minimum absolute atomic E-state index is 0.332. The van der Waals surface area contributed by atoms with Crippen molar-refractivity contribution in [2.75, 3.05) is 37.6 Å². The van der Waals surface area contributed by atoms with Crippen LogP contribution in [0, 0.1) is 0 Å². The first-order valence-corrected chi connectivity index (χ1v) is 12.3. The summed E-state index contributed by atoms with van der Waals surface area (Å²) in [6.45, 7) is 2.93. The predicted octanol–water partition coefficient (Wildman–Crippen LogP) is 2.28. The second-order valence-corrected chi connectivity index (χ2v) is 8.64. The Morgan fingerprint density at radius 1 is 0.933 bits per heavy atom. The van der Waals surface area contributed by atoms with Crippen LogP contribution in [0.15, 0.2) is 59.3 Å². The van der Waals surface area contributed by atoms with E-state index in [0.717, 1.165) is 42.2 Å². The van der Waals surface area contributed by atoms with Gasteiger partial charge in [-0.25, -0.2) is 33.6 Å². The molecule has 21 heteroatoms. The van der Waals surface area contributed by atoms with Gasteiger partial charge in [0.2, 0.25) is 0 Å². The van der Waals surface area contributed by atoms with Crippen molar-refractivity contribution in [2.24, 2.45) is 5.73 Å². The lowest BCUT2D eigenvalue weighted by atomic mass is 10.2. The fourth-order valence-corrected chi connectivity index (χ4v) is 3.32. The first-order valence-electron chi connectivity index (χ1n) is 12.3. The Bertz CT molecular complexity index is 1500. The molecule has 0 amide bonds. The molecule has 45 heavy (non-hydrogen) atoms. The average molecular weight is 656 g/mol. The lowest BCUT2D eigenvalue weighted by Crippen LogP contribution is -2.43. The first-order chi connectivity index (χ1) is 20.9. The monoisotopic (exact) mass is 656 g/mol. The van der Waals surface area contributed by atoms with Crippen LogP contribution in [0.2, 0.25) is 0 Å². The van der Waals surface area contributed by atoms with Gasteiger partial charge in [0.05, 0.1) is 12.2 Å². The third kappa shape index (κ3) is 10.9. The number of hydrogen-bond donors (Lipinski definition) is 4. The predicted molar refractivity (Wildman–Crippen MR) is 140 cm³/mol. The lowest BCUT2D eigenvalue weighted by Gasteiger charge is -2.28. The summed E-state index contributed by atoms with van der Waals surface area (Å²) in [4.78, 5) is 41.7. The Kier molecular flexibility index (Phi) is 12.7. The smallest absolute Gasteiger partial charge is 0.475 e. The van der Waals surface area contributed by atoms with Crippen LogP contribution >= 0.6 is 0 Å². The van der Waals surface area contributed by atoms with Crippen molar-refractivity contribution in [1.82, 2.24) is 29.6 Å². The molecule has 246 valence electrons. The number of aliphatic carboxylic acids is 2. The number of aromatic nitrogens is 5. The number of carbonyl (C=O) groups is 2. The molecule has 0 radical (unpaired) electrons. The quantitative estimate of drug-likeness (QED) is 0.286. The van der Waals surface area contributed by atoms with Gasteiger partial charge < -0.3 is 26.2 Å². The summed E-state index contributed by atoms with van der Waals surface area (Å²) in [5.41, 5.74) is 5.83. The van der Waals surface area contributed by atoms with Gasteiger partial charge in [-0.15, -0.1) is 0 Å². The maximum absolute atomic E-state index is 12.9. The molecule has 4 rings (SSSR count). The van der Waals surface area contributed by atoms with Gasteiger partial charge >= 0.3 is 30.0 Å². The molecule has 0 bridgehead atoms. The first kappa shape index (κ1) is 36.3. The van der Waals surface area contributed by atoms with Crippen LogP contribution in [-0.4, -0.2) is 91.5 Å². The van der Waals surface area contributed by atoms with Crippen LogP contribution in [0.3, 0.4) is 0 Å². The number of rotatable bonds is 6. The second kappa shape index (κ2) is 15.7. The Morgan fingerprint density at radius 2 is 1.51 bits per heavy atom. The number of nitrogens with zero attached hydrogens (tertiary/aromatic N) is 6. The van der Waals surface area contributed by atoms with Crippen LogP contribution in [-0.2, 0) is 16.1 Å². The molecule has 1 aliphatic rings. The molecule has 0 aromatic carbocycles. The maximum atomic E-state index is 12.9. The zero-order valence-corrected chi connectivity index (χ0v) is 22.7. The van der Waals surface area contributed by atoms with E-state index >= 15 is 0 Å². The lowest BCUT2D eigenvalue weighted by molar-refractivity contribution is -0.193. The summed E-state index contributed by atoms with van der Waals surface area (Å²) in [5.74, 6) is -4.28. The molecule has 0 unspecified atom stereocenters. The minimum Gasteiger partial charge on any atom is -0.475 e. The zero-order chi connectivity index (χ0) is 33.9. The van der Waals surface area contributed by atoms with Gasteiger partial charge in [-0.2, -0.15) is 40.2 Å². The van der Waals surface area contributed by atoms with Gasteiger partial charge in [-0.3, -0.25) is 0 Å². The third-order valence-corrected chi connectivity index (χ3v) is 5.54. The number of pyridine rings is 2. The maximum Gasteiger partial charge on any atom is 0.490 e. The number of anilines is 1. The summed E-state index contributed by atoms with van der Waals surface area (Å²) in [5, 5.41) is 21.5. The SMILES string of the molecule is NCC(Cn1ncn(-c2cccc(-c3ccc(N4CCNCC4)nc3)n2)c1=O)=C(F)F.O=C(O)C(F)(F)F.O=C(O)C(F)(F)F. The van der Waals surface area contributed by atoms with Gasteiger partial charge in [-0.1, -0.05) is 6.07 Å². The van der Waals surface area contributed by atoms with E-state index in [9.17, 15) is 39.9 Å². The minimum atomic E-state index is -5.08. The van der Waals surface area contributed by atoms with Gasteiger partial charge in [-0.05, 0) is 24.3 Å². The van der Waals surface area contributed by atoms with Crippen molar-refractivity contribution in [3.63, 3.8) is 0 Å². The number of halogens is 8. The molecule has 0 saturated carbocycles. The van der Waals surface area contributed by atoms with Crippen LogP contribution in [0.25, 0.3) is 17.1 Å². The van der Waals surface area contributed by atoms with E-state index in [0.29, 0.717) is 11.5 Å². The van der Waals surface area contributed by atoms with Crippen molar-refractivity contribution < 1.29 is 54.9 Å². The van der Waals surface area contributed by atoms with Gasteiger partial charge in [0.1, 0.15) is 18.0 Å². The van der Waals surface area contributed by atoms with Crippen molar-refractivity contribution in [1.29, 1.82) is 0 Å². The van der Waals surface area contributed by atoms with E-state index in [1.165, 1.54) is 10.9 Å². The summed E-state index contributed by atoms with van der Waals surface area (Å²) in [7, 11) is 0. The van der Waals surface area contributed by atoms with Crippen molar-refractivity contribution in [3.05, 3.63) is 65.0 Å². The van der Waals surface area contributed by atoms with E-state index in [1.54, 1.807) is 18.3 Å². The normalized spacial score (nSPS) is 13.1. The number of carboxylic acids is 2. The number of nitrogens with one attached hydrogen (secondary N) is 1. The Hall–Kier alpha value is -4.92. The van der Waals surface area contributed by atoms with Crippen molar-refractivity contribution >= 4 is 17.8 Å². The van der Waals surface area contributed by atoms with E-state index in [-0.39, 0.29) is 18.7 Å². The largest absolute Gasteiger partial charge is 0.490 e. The van der Waals surface area contributed by atoms with Gasteiger partial charge in [0.25, 0.3) is 6.08 Å². The molecule has 0 spiro atoms. The highest BCUT2D eigenvalue weighted by atomic mass is 19.4. The average Bonchev–Trinajstić information content (AvgIpc) is 3.35.